The van der Waals surface area contributed by atoms with Gasteiger partial charge in [0.05, 0.1) is 6.10 Å². The van der Waals surface area contributed by atoms with Crippen molar-refractivity contribution in [2.45, 2.75) is 37.8 Å². The summed E-state index contributed by atoms with van der Waals surface area (Å²) in [6.07, 6.45) is 6.41. The van der Waals surface area contributed by atoms with Gasteiger partial charge in [0, 0.05) is 18.4 Å². The minimum atomic E-state index is -0.186. The molecule has 0 aromatic carbocycles. The van der Waals surface area contributed by atoms with E-state index in [0.29, 0.717) is 0 Å². The number of aliphatic hydroxyl groups is 1. The normalized spacial score (nSPS) is 27.5. The molecule has 1 aliphatic carbocycles. The van der Waals surface area contributed by atoms with Gasteiger partial charge in [0.25, 0.3) is 0 Å². The first-order valence-corrected chi connectivity index (χ1v) is 4.98. The molecule has 1 aromatic rings. The Morgan fingerprint density at radius 3 is 2.71 bits per heavy atom. The van der Waals surface area contributed by atoms with E-state index >= 15 is 0 Å². The maximum absolute atomic E-state index is 11.4. The van der Waals surface area contributed by atoms with Gasteiger partial charge in [-0.1, -0.05) is 0 Å². The van der Waals surface area contributed by atoms with Crippen LogP contribution in [0, 0.1) is 0 Å². The molecule has 14 heavy (non-hydrogen) atoms. The molecular formula is C10H14N2O2. The summed E-state index contributed by atoms with van der Waals surface area (Å²) in [7, 11) is 0. The van der Waals surface area contributed by atoms with E-state index in [2.05, 4.69) is 4.98 Å². The van der Waals surface area contributed by atoms with Gasteiger partial charge in [-0.3, -0.25) is 4.57 Å². The second kappa shape index (κ2) is 3.92. The molecular weight excluding hydrogens is 180 g/mol. The predicted octanol–water partition coefficient (Wildman–Crippen LogP) is 0.719. The molecule has 4 heteroatoms. The summed E-state index contributed by atoms with van der Waals surface area (Å²) in [6.45, 7) is 0. The minimum Gasteiger partial charge on any atom is -0.393 e. The van der Waals surface area contributed by atoms with Crippen molar-refractivity contribution >= 4 is 0 Å². The summed E-state index contributed by atoms with van der Waals surface area (Å²) >= 11 is 0. The molecule has 0 saturated heterocycles. The van der Waals surface area contributed by atoms with E-state index in [9.17, 15) is 9.90 Å². The second-order valence-corrected chi connectivity index (χ2v) is 3.77. The molecule has 4 nitrogen and oxygen atoms in total. The predicted molar refractivity (Wildman–Crippen MR) is 52.0 cm³/mol. The first-order chi connectivity index (χ1) is 6.77. The van der Waals surface area contributed by atoms with Gasteiger partial charge in [-0.05, 0) is 31.7 Å². The van der Waals surface area contributed by atoms with Crippen LogP contribution in [0.2, 0.25) is 0 Å². The maximum Gasteiger partial charge on any atom is 0.347 e. The fourth-order valence-corrected chi connectivity index (χ4v) is 1.98. The van der Waals surface area contributed by atoms with Gasteiger partial charge in [0.15, 0.2) is 0 Å². The van der Waals surface area contributed by atoms with E-state index in [4.69, 9.17) is 0 Å². The van der Waals surface area contributed by atoms with Gasteiger partial charge in [0.1, 0.15) is 0 Å². The monoisotopic (exact) mass is 194 g/mol. The quantitative estimate of drug-likeness (QED) is 0.716. The number of rotatable bonds is 1. The Morgan fingerprint density at radius 1 is 1.36 bits per heavy atom. The minimum absolute atomic E-state index is 0.182. The lowest BCUT2D eigenvalue weighted by atomic mass is 9.93. The van der Waals surface area contributed by atoms with E-state index in [1.165, 1.54) is 6.20 Å². The van der Waals surface area contributed by atoms with Crippen molar-refractivity contribution in [3.63, 3.8) is 0 Å². The molecule has 1 fully saturated rings. The van der Waals surface area contributed by atoms with E-state index in [1.54, 1.807) is 16.8 Å². The van der Waals surface area contributed by atoms with Crippen molar-refractivity contribution in [2.75, 3.05) is 0 Å². The fraction of sp³-hybridized carbons (Fsp3) is 0.600. The van der Waals surface area contributed by atoms with E-state index in [0.717, 1.165) is 25.7 Å². The van der Waals surface area contributed by atoms with Crippen LogP contribution in [0.5, 0.6) is 0 Å². The van der Waals surface area contributed by atoms with Crippen molar-refractivity contribution in [1.29, 1.82) is 0 Å². The number of nitrogens with zero attached hydrogens (tertiary/aromatic N) is 2. The van der Waals surface area contributed by atoms with Gasteiger partial charge in [-0.25, -0.2) is 9.78 Å². The number of hydrogen-bond acceptors (Lipinski definition) is 3. The summed E-state index contributed by atoms with van der Waals surface area (Å²) in [6, 6.07) is 1.99. The van der Waals surface area contributed by atoms with E-state index in [-0.39, 0.29) is 17.8 Å². The van der Waals surface area contributed by atoms with Crippen LogP contribution in [0.25, 0.3) is 0 Å². The summed E-state index contributed by atoms with van der Waals surface area (Å²) in [5.74, 6) is 0. The van der Waals surface area contributed by atoms with Crippen LogP contribution >= 0.6 is 0 Å². The Bertz CT molecular complexity index is 353. The Morgan fingerprint density at radius 2 is 2.07 bits per heavy atom. The van der Waals surface area contributed by atoms with Crippen LogP contribution < -0.4 is 5.69 Å². The van der Waals surface area contributed by atoms with E-state index in [1.807, 2.05) is 0 Å². The van der Waals surface area contributed by atoms with Crippen LogP contribution in [0.3, 0.4) is 0 Å². The lowest BCUT2D eigenvalue weighted by Gasteiger charge is -2.26. The van der Waals surface area contributed by atoms with Gasteiger partial charge in [-0.15, -0.1) is 0 Å². The van der Waals surface area contributed by atoms with Crippen LogP contribution in [-0.4, -0.2) is 20.8 Å². The smallest absolute Gasteiger partial charge is 0.347 e. The molecule has 76 valence electrons. The summed E-state index contributed by atoms with van der Waals surface area (Å²) < 4.78 is 1.67. The standard InChI is InChI=1S/C10H14N2O2/c13-9-4-2-8(3-5-9)12-7-1-6-11-10(12)14/h1,6-9,13H,2-5H2. The summed E-state index contributed by atoms with van der Waals surface area (Å²) in [4.78, 5) is 15.1. The third-order valence-electron chi connectivity index (χ3n) is 2.80. The zero-order valence-corrected chi connectivity index (χ0v) is 7.97. The molecule has 1 aromatic heterocycles. The largest absolute Gasteiger partial charge is 0.393 e. The molecule has 1 aliphatic rings. The van der Waals surface area contributed by atoms with Crippen molar-refractivity contribution in [3.8, 4) is 0 Å². The van der Waals surface area contributed by atoms with Crippen LogP contribution in [-0.2, 0) is 0 Å². The van der Waals surface area contributed by atoms with Gasteiger partial charge in [0.2, 0.25) is 0 Å². The molecule has 1 saturated carbocycles. The number of aliphatic hydroxyl groups excluding tert-OH is 1. The van der Waals surface area contributed by atoms with Gasteiger partial charge >= 0.3 is 5.69 Å². The zero-order valence-electron chi connectivity index (χ0n) is 7.97. The molecule has 0 unspecified atom stereocenters. The Labute approximate surface area is 82.2 Å². The first kappa shape index (κ1) is 9.40. The highest BCUT2D eigenvalue weighted by Crippen LogP contribution is 2.26. The zero-order chi connectivity index (χ0) is 9.97. The summed E-state index contributed by atoms with van der Waals surface area (Å²) in [5, 5.41) is 9.34. The van der Waals surface area contributed by atoms with Crippen LogP contribution in [0.15, 0.2) is 23.3 Å². The summed E-state index contributed by atoms with van der Waals surface area (Å²) in [5.41, 5.74) is -0.186. The molecule has 0 amide bonds. The molecule has 0 radical (unpaired) electrons. The van der Waals surface area contributed by atoms with Crippen LogP contribution in [0.4, 0.5) is 0 Å². The Kier molecular flexibility index (Phi) is 2.63. The van der Waals surface area contributed by atoms with Crippen molar-refractivity contribution in [1.82, 2.24) is 9.55 Å². The highest BCUT2D eigenvalue weighted by atomic mass is 16.3. The third-order valence-corrected chi connectivity index (χ3v) is 2.80. The van der Waals surface area contributed by atoms with Gasteiger partial charge < -0.3 is 5.11 Å². The SMILES string of the molecule is O=c1ncccn1C1CCC(O)CC1. The molecule has 0 spiro atoms. The molecule has 1 heterocycles. The molecule has 0 atom stereocenters. The van der Waals surface area contributed by atoms with Gasteiger partial charge in [-0.2, -0.15) is 0 Å². The Hall–Kier alpha value is -1.16. The number of aromatic nitrogens is 2. The highest BCUT2D eigenvalue weighted by molar-refractivity contribution is 4.86. The van der Waals surface area contributed by atoms with Crippen molar-refractivity contribution in [3.05, 3.63) is 28.9 Å². The fourth-order valence-electron chi connectivity index (χ4n) is 1.98. The molecule has 0 bridgehead atoms. The third kappa shape index (κ3) is 1.85. The second-order valence-electron chi connectivity index (χ2n) is 3.77. The lowest BCUT2D eigenvalue weighted by molar-refractivity contribution is 0.109. The van der Waals surface area contributed by atoms with Crippen molar-refractivity contribution < 1.29 is 5.11 Å². The maximum atomic E-state index is 11.4. The topological polar surface area (TPSA) is 55.1 Å². The Balaban J connectivity index is 2.16. The van der Waals surface area contributed by atoms with E-state index < -0.39 is 0 Å². The van der Waals surface area contributed by atoms with Crippen molar-refractivity contribution in [2.24, 2.45) is 0 Å². The average Bonchev–Trinajstić information content (AvgIpc) is 2.20. The average molecular weight is 194 g/mol. The molecule has 0 aliphatic heterocycles. The van der Waals surface area contributed by atoms with Crippen LogP contribution in [0.1, 0.15) is 31.7 Å². The first-order valence-electron chi connectivity index (χ1n) is 4.98. The lowest BCUT2D eigenvalue weighted by Crippen LogP contribution is -2.29. The molecule has 1 N–H and O–H groups in total. The highest BCUT2D eigenvalue weighted by Gasteiger charge is 2.20. The molecule has 2 rings (SSSR count). The number of hydrogen-bond donors (Lipinski definition) is 1.